The molecule has 3 nitrogen and oxygen atoms in total. The molecule has 0 aliphatic carbocycles. The minimum absolute atomic E-state index is 0.243. The summed E-state index contributed by atoms with van der Waals surface area (Å²) < 4.78 is 0. The number of anilines is 1. The van der Waals surface area contributed by atoms with Crippen molar-refractivity contribution in [3.8, 4) is 0 Å². The molecule has 1 amide bonds. The molecule has 0 saturated carbocycles. The van der Waals surface area contributed by atoms with Crippen molar-refractivity contribution in [2.24, 2.45) is 0 Å². The van der Waals surface area contributed by atoms with Gasteiger partial charge in [-0.25, -0.2) is 0 Å². The van der Waals surface area contributed by atoms with Crippen molar-refractivity contribution in [1.82, 2.24) is 0 Å². The molecule has 0 bridgehead atoms. The van der Waals surface area contributed by atoms with Gasteiger partial charge in [0.2, 0.25) is 5.91 Å². The summed E-state index contributed by atoms with van der Waals surface area (Å²) in [6.45, 7) is 4.40. The number of nitrogens with zero attached hydrogens (tertiary/aromatic N) is 1. The highest BCUT2D eigenvalue weighted by atomic mass is 35.5. The number of nitrogens with one attached hydrogen (secondary N) is 1. The third kappa shape index (κ3) is 2.69. The molecular formula is C17H24ClN2O+. The minimum atomic E-state index is 0.243. The molecular weight excluding hydrogens is 284 g/mol. The van der Waals surface area contributed by atoms with Crippen LogP contribution in [0.3, 0.4) is 0 Å². The number of hydrogen-bond acceptors (Lipinski definition) is 1. The lowest BCUT2D eigenvalue weighted by Gasteiger charge is -2.34. The first-order valence-corrected chi connectivity index (χ1v) is 8.45. The van der Waals surface area contributed by atoms with Crippen molar-refractivity contribution in [3.05, 3.63) is 29.3 Å². The van der Waals surface area contributed by atoms with Crippen LogP contribution in [0.1, 0.15) is 36.3 Å². The zero-order chi connectivity index (χ0) is 15.0. The van der Waals surface area contributed by atoms with Crippen molar-refractivity contribution in [2.75, 3.05) is 30.9 Å². The lowest BCUT2D eigenvalue weighted by molar-refractivity contribution is -0.886. The van der Waals surface area contributed by atoms with Gasteiger partial charge in [0.25, 0.3) is 0 Å². The number of fused-ring (bicyclic) bond motifs is 3. The second-order valence-corrected chi connectivity index (χ2v) is 6.87. The lowest BCUT2D eigenvalue weighted by atomic mass is 9.89. The molecule has 3 atom stereocenters. The van der Waals surface area contributed by atoms with Crippen molar-refractivity contribution in [2.45, 2.75) is 38.1 Å². The van der Waals surface area contributed by atoms with Crippen LogP contribution < -0.4 is 9.80 Å². The number of hydrogen-bond donors (Lipinski definition) is 1. The average molecular weight is 308 g/mol. The summed E-state index contributed by atoms with van der Waals surface area (Å²) in [7, 11) is 2.25. The fraction of sp³-hybridized carbons (Fsp3) is 0.588. The molecule has 114 valence electrons. The molecule has 1 saturated heterocycles. The number of quaternary nitrogens is 1. The molecule has 2 aliphatic heterocycles. The maximum absolute atomic E-state index is 12.6. The Labute approximate surface area is 131 Å². The van der Waals surface area contributed by atoms with Crippen LogP contribution in [0, 0.1) is 6.92 Å². The second-order valence-electron chi connectivity index (χ2n) is 6.49. The molecule has 2 heterocycles. The van der Waals surface area contributed by atoms with Crippen LogP contribution in [0.4, 0.5) is 5.69 Å². The SMILES string of the molecule is Cc1ccc2c(c1)[C@@H]1C[NH+](C)CC[C@H]1N2C(=O)CCCCl. The standard InChI is InChI=1S/C17H23ClN2O/c1-12-5-6-15-13(10-12)14-11-19(2)9-7-16(14)20(15)17(21)4-3-8-18/h5-6,10,14,16H,3-4,7-9,11H2,1-2H3/p+1/t14-,16+/m0/s1. The van der Waals surface area contributed by atoms with E-state index in [9.17, 15) is 4.79 Å². The summed E-state index contributed by atoms with van der Waals surface area (Å²) in [5, 5.41) is 0. The summed E-state index contributed by atoms with van der Waals surface area (Å²) in [4.78, 5) is 16.3. The van der Waals surface area contributed by atoms with E-state index in [1.165, 1.54) is 11.1 Å². The van der Waals surface area contributed by atoms with Crippen molar-refractivity contribution in [3.63, 3.8) is 0 Å². The van der Waals surface area contributed by atoms with E-state index in [1.807, 2.05) is 0 Å². The second kappa shape index (κ2) is 5.98. The fourth-order valence-corrected chi connectivity index (χ4v) is 4.00. The van der Waals surface area contributed by atoms with E-state index in [4.69, 9.17) is 11.6 Å². The summed E-state index contributed by atoms with van der Waals surface area (Å²) in [6.07, 6.45) is 2.42. The Balaban J connectivity index is 1.95. The predicted molar refractivity (Wildman–Crippen MR) is 86.4 cm³/mol. The summed E-state index contributed by atoms with van der Waals surface area (Å²) >= 11 is 5.76. The molecule has 0 aromatic heterocycles. The van der Waals surface area contributed by atoms with E-state index in [-0.39, 0.29) is 5.91 Å². The van der Waals surface area contributed by atoms with Gasteiger partial charge in [-0.15, -0.1) is 11.6 Å². The predicted octanol–water partition coefficient (Wildman–Crippen LogP) is 1.73. The molecule has 2 aliphatic rings. The first kappa shape index (κ1) is 14.9. The highest BCUT2D eigenvalue weighted by Crippen LogP contribution is 2.43. The Kier molecular flexibility index (Phi) is 4.23. The van der Waals surface area contributed by atoms with E-state index in [1.54, 1.807) is 4.90 Å². The van der Waals surface area contributed by atoms with E-state index in [0.717, 1.165) is 31.6 Å². The van der Waals surface area contributed by atoms with Gasteiger partial charge < -0.3 is 9.80 Å². The molecule has 4 heteroatoms. The summed E-state index contributed by atoms with van der Waals surface area (Å²) in [6, 6.07) is 6.89. The van der Waals surface area contributed by atoms with Crippen LogP contribution >= 0.6 is 11.6 Å². The number of alkyl halides is 1. The van der Waals surface area contributed by atoms with Crippen LogP contribution in [0.25, 0.3) is 0 Å². The van der Waals surface area contributed by atoms with Crippen LogP contribution in [-0.2, 0) is 4.79 Å². The number of likely N-dealkylation sites (tertiary alicyclic amines) is 1. The van der Waals surface area contributed by atoms with Gasteiger partial charge in [0.05, 0.1) is 32.1 Å². The first-order chi connectivity index (χ1) is 10.1. The number of carbonyl (C=O) groups is 1. The number of benzene rings is 1. The van der Waals surface area contributed by atoms with Crippen LogP contribution in [0.15, 0.2) is 18.2 Å². The Morgan fingerprint density at radius 1 is 1.48 bits per heavy atom. The maximum Gasteiger partial charge on any atom is 0.227 e. The van der Waals surface area contributed by atoms with Gasteiger partial charge in [0.15, 0.2) is 0 Å². The van der Waals surface area contributed by atoms with Crippen LogP contribution in [0.2, 0.25) is 0 Å². The lowest BCUT2D eigenvalue weighted by Crippen LogP contribution is -3.11. The molecule has 1 unspecified atom stereocenters. The monoisotopic (exact) mass is 307 g/mol. The average Bonchev–Trinajstić information content (AvgIpc) is 2.78. The van der Waals surface area contributed by atoms with E-state index >= 15 is 0 Å². The van der Waals surface area contributed by atoms with Gasteiger partial charge in [-0.05, 0) is 25.0 Å². The van der Waals surface area contributed by atoms with Gasteiger partial charge in [-0.2, -0.15) is 0 Å². The Bertz CT molecular complexity index is 546. The minimum Gasteiger partial charge on any atom is -0.337 e. The molecule has 1 aromatic rings. The first-order valence-electron chi connectivity index (χ1n) is 7.91. The molecule has 21 heavy (non-hydrogen) atoms. The molecule has 0 radical (unpaired) electrons. The topological polar surface area (TPSA) is 24.8 Å². The molecule has 0 spiro atoms. The third-order valence-corrected chi connectivity index (χ3v) is 5.13. The Hall–Kier alpha value is -1.06. The zero-order valence-corrected chi connectivity index (χ0v) is 13.6. The highest BCUT2D eigenvalue weighted by Gasteiger charge is 2.45. The number of piperidine rings is 1. The largest absolute Gasteiger partial charge is 0.337 e. The van der Waals surface area contributed by atoms with Gasteiger partial charge in [-0.1, -0.05) is 17.7 Å². The van der Waals surface area contributed by atoms with Crippen LogP contribution in [-0.4, -0.2) is 38.0 Å². The van der Waals surface area contributed by atoms with E-state index in [0.29, 0.717) is 24.3 Å². The molecule has 1 N–H and O–H groups in total. The smallest absolute Gasteiger partial charge is 0.227 e. The number of halogens is 1. The fourth-order valence-electron chi connectivity index (χ4n) is 3.86. The van der Waals surface area contributed by atoms with E-state index in [2.05, 4.69) is 37.1 Å². The van der Waals surface area contributed by atoms with Gasteiger partial charge in [0, 0.05) is 24.4 Å². The number of rotatable bonds is 3. The van der Waals surface area contributed by atoms with Crippen molar-refractivity contribution in [1.29, 1.82) is 0 Å². The van der Waals surface area contributed by atoms with Gasteiger partial charge in [-0.3, -0.25) is 4.79 Å². The summed E-state index contributed by atoms with van der Waals surface area (Å²) in [5.74, 6) is 1.29. The maximum atomic E-state index is 12.6. The number of carbonyl (C=O) groups excluding carboxylic acids is 1. The molecule has 1 fully saturated rings. The number of likely N-dealkylation sites (N-methyl/N-ethyl adjacent to an activating group) is 1. The quantitative estimate of drug-likeness (QED) is 0.845. The van der Waals surface area contributed by atoms with Crippen molar-refractivity contribution >= 4 is 23.2 Å². The molecule has 3 rings (SSSR count). The number of amides is 1. The Morgan fingerprint density at radius 2 is 2.29 bits per heavy atom. The normalized spacial score (nSPS) is 27.4. The number of aryl methyl sites for hydroxylation is 1. The van der Waals surface area contributed by atoms with Gasteiger partial charge in [0.1, 0.15) is 0 Å². The Morgan fingerprint density at radius 3 is 3.05 bits per heavy atom. The molecule has 1 aromatic carbocycles. The van der Waals surface area contributed by atoms with Crippen LogP contribution in [0.5, 0.6) is 0 Å². The zero-order valence-electron chi connectivity index (χ0n) is 12.9. The third-order valence-electron chi connectivity index (χ3n) is 4.87. The highest BCUT2D eigenvalue weighted by molar-refractivity contribution is 6.18. The van der Waals surface area contributed by atoms with Crippen molar-refractivity contribution < 1.29 is 9.69 Å². The van der Waals surface area contributed by atoms with E-state index < -0.39 is 0 Å². The summed E-state index contributed by atoms with van der Waals surface area (Å²) in [5.41, 5.74) is 3.80. The van der Waals surface area contributed by atoms with Gasteiger partial charge >= 0.3 is 0 Å².